The van der Waals surface area contributed by atoms with Crippen LogP contribution in [0.3, 0.4) is 0 Å². The Hall–Kier alpha value is -1.92. The van der Waals surface area contributed by atoms with E-state index in [4.69, 9.17) is 9.47 Å². The van der Waals surface area contributed by atoms with Crippen LogP contribution >= 0.6 is 0 Å². The van der Waals surface area contributed by atoms with Crippen molar-refractivity contribution < 1.29 is 19.1 Å². The third-order valence-corrected chi connectivity index (χ3v) is 4.86. The summed E-state index contributed by atoms with van der Waals surface area (Å²) in [4.78, 5) is 26.1. The summed E-state index contributed by atoms with van der Waals surface area (Å²) in [7, 11) is 0. The molecule has 0 aromatic heterocycles. The van der Waals surface area contributed by atoms with Crippen LogP contribution < -0.4 is 5.32 Å². The molecule has 6 heteroatoms. The molecule has 0 saturated carbocycles. The van der Waals surface area contributed by atoms with Gasteiger partial charge < -0.3 is 19.7 Å². The molecule has 136 valence electrons. The van der Waals surface area contributed by atoms with Crippen molar-refractivity contribution in [2.24, 2.45) is 5.92 Å². The first-order chi connectivity index (χ1) is 12.2. The summed E-state index contributed by atoms with van der Waals surface area (Å²) in [5.41, 5.74) is 1.36. The van der Waals surface area contributed by atoms with E-state index in [-0.39, 0.29) is 25.0 Å². The summed E-state index contributed by atoms with van der Waals surface area (Å²) in [6, 6.07) is 10.5. The summed E-state index contributed by atoms with van der Waals surface area (Å²) in [5, 5.41) is 2.67. The highest BCUT2D eigenvalue weighted by Crippen LogP contribution is 2.21. The van der Waals surface area contributed by atoms with E-state index in [9.17, 15) is 9.59 Å². The molecule has 2 heterocycles. The van der Waals surface area contributed by atoms with Crippen LogP contribution in [-0.4, -0.2) is 62.3 Å². The van der Waals surface area contributed by atoms with Crippen molar-refractivity contribution in [2.75, 3.05) is 39.5 Å². The molecule has 0 radical (unpaired) electrons. The molecule has 2 fully saturated rings. The number of nitrogens with one attached hydrogen (secondary N) is 1. The lowest BCUT2D eigenvalue weighted by atomic mass is 9.90. The van der Waals surface area contributed by atoms with Gasteiger partial charge in [-0.3, -0.25) is 9.59 Å². The lowest BCUT2D eigenvalue weighted by Crippen LogP contribution is -2.48. The van der Waals surface area contributed by atoms with Gasteiger partial charge in [0.2, 0.25) is 5.91 Å². The number of hydrogen-bond donors (Lipinski definition) is 1. The maximum Gasteiger partial charge on any atom is 0.251 e. The number of piperidine rings is 1. The number of ether oxygens (including phenoxy) is 2. The minimum Gasteiger partial charge on any atom is -0.376 e. The van der Waals surface area contributed by atoms with E-state index in [1.54, 1.807) is 0 Å². The normalized spacial score (nSPS) is 21.8. The summed E-state index contributed by atoms with van der Waals surface area (Å²) in [6.07, 6.45) is 2.49. The average molecular weight is 346 g/mol. The van der Waals surface area contributed by atoms with Gasteiger partial charge in [0.25, 0.3) is 5.91 Å². The number of carbonyl (C=O) groups is 2. The molecule has 25 heavy (non-hydrogen) atoms. The van der Waals surface area contributed by atoms with Crippen LogP contribution in [0.15, 0.2) is 30.3 Å². The summed E-state index contributed by atoms with van der Waals surface area (Å²) >= 11 is 0. The molecule has 2 saturated heterocycles. The second-order valence-corrected chi connectivity index (χ2v) is 6.67. The molecule has 2 aliphatic heterocycles. The van der Waals surface area contributed by atoms with E-state index in [0.29, 0.717) is 19.1 Å². The molecule has 2 aliphatic rings. The maximum atomic E-state index is 12.3. The predicted molar refractivity (Wildman–Crippen MR) is 93.0 cm³/mol. The molecule has 0 spiro atoms. The molecule has 0 unspecified atom stereocenters. The van der Waals surface area contributed by atoms with E-state index >= 15 is 0 Å². The molecule has 1 aromatic rings. The van der Waals surface area contributed by atoms with Crippen molar-refractivity contribution in [3.05, 3.63) is 35.9 Å². The highest BCUT2D eigenvalue weighted by molar-refractivity contribution is 5.87. The van der Waals surface area contributed by atoms with Crippen LogP contribution in [0.2, 0.25) is 0 Å². The Morgan fingerprint density at radius 2 is 1.88 bits per heavy atom. The minimum absolute atomic E-state index is 0.0248. The first-order valence-electron chi connectivity index (χ1n) is 9.01. The van der Waals surface area contributed by atoms with Gasteiger partial charge in [0.1, 0.15) is 0 Å². The molecule has 3 rings (SSSR count). The SMILES string of the molecule is O=C(NCC(=O)N1CCC(Cc2ccccc2)CC1)[C@@H]1COCCO1. The molecule has 2 amide bonds. The Balaban J connectivity index is 1.37. The fourth-order valence-corrected chi connectivity index (χ4v) is 3.36. The van der Waals surface area contributed by atoms with Gasteiger partial charge in [-0.2, -0.15) is 0 Å². The molecule has 6 nitrogen and oxygen atoms in total. The van der Waals surface area contributed by atoms with Gasteiger partial charge in [0, 0.05) is 13.1 Å². The largest absolute Gasteiger partial charge is 0.376 e. The van der Waals surface area contributed by atoms with Gasteiger partial charge in [-0.15, -0.1) is 0 Å². The van der Waals surface area contributed by atoms with Gasteiger partial charge in [0.05, 0.1) is 26.4 Å². The molecule has 1 atom stereocenters. The standard InChI is InChI=1S/C19H26N2O4/c22-18(13-20-19(23)17-14-24-10-11-25-17)21-8-6-16(7-9-21)12-15-4-2-1-3-5-15/h1-5,16-17H,6-14H2,(H,20,23)/t17-/m0/s1. The first-order valence-corrected chi connectivity index (χ1v) is 9.01. The molecular weight excluding hydrogens is 320 g/mol. The Bertz CT molecular complexity index is 564. The zero-order valence-electron chi connectivity index (χ0n) is 14.5. The van der Waals surface area contributed by atoms with Crippen LogP contribution in [0.25, 0.3) is 0 Å². The van der Waals surface area contributed by atoms with Crippen LogP contribution in [0.4, 0.5) is 0 Å². The van der Waals surface area contributed by atoms with Crippen molar-refractivity contribution in [3.8, 4) is 0 Å². The molecule has 1 N–H and O–H groups in total. The van der Waals surface area contributed by atoms with Gasteiger partial charge >= 0.3 is 0 Å². The Labute approximate surface area is 148 Å². The number of nitrogens with zero attached hydrogens (tertiary/aromatic N) is 1. The smallest absolute Gasteiger partial charge is 0.251 e. The highest BCUT2D eigenvalue weighted by Gasteiger charge is 2.26. The fraction of sp³-hybridized carbons (Fsp3) is 0.579. The zero-order valence-corrected chi connectivity index (χ0v) is 14.5. The quantitative estimate of drug-likeness (QED) is 0.864. The van der Waals surface area contributed by atoms with Gasteiger partial charge in [-0.25, -0.2) is 0 Å². The number of carbonyl (C=O) groups excluding carboxylic acids is 2. The Morgan fingerprint density at radius 1 is 1.12 bits per heavy atom. The fourth-order valence-electron chi connectivity index (χ4n) is 3.36. The van der Waals surface area contributed by atoms with E-state index in [1.807, 2.05) is 11.0 Å². The molecule has 0 aliphatic carbocycles. The summed E-state index contributed by atoms with van der Waals surface area (Å²) < 4.78 is 10.5. The number of amides is 2. The molecular formula is C19H26N2O4. The van der Waals surface area contributed by atoms with Crippen LogP contribution in [0.1, 0.15) is 18.4 Å². The zero-order chi connectivity index (χ0) is 17.5. The Kier molecular flexibility index (Phi) is 6.42. The average Bonchev–Trinajstić information content (AvgIpc) is 2.68. The van der Waals surface area contributed by atoms with Gasteiger partial charge in [0.15, 0.2) is 6.10 Å². The van der Waals surface area contributed by atoms with Crippen LogP contribution in [0, 0.1) is 5.92 Å². The van der Waals surface area contributed by atoms with Crippen LogP contribution in [0.5, 0.6) is 0 Å². The van der Waals surface area contributed by atoms with E-state index in [0.717, 1.165) is 32.4 Å². The van der Waals surface area contributed by atoms with E-state index < -0.39 is 6.10 Å². The number of rotatable bonds is 5. The lowest BCUT2D eigenvalue weighted by Gasteiger charge is -2.32. The van der Waals surface area contributed by atoms with Crippen LogP contribution in [-0.2, 0) is 25.5 Å². The minimum atomic E-state index is -0.599. The predicted octanol–water partition coefficient (Wildman–Crippen LogP) is 0.999. The first kappa shape index (κ1) is 17.9. The molecule has 1 aromatic carbocycles. The topological polar surface area (TPSA) is 67.9 Å². The Morgan fingerprint density at radius 3 is 2.56 bits per heavy atom. The number of likely N-dealkylation sites (tertiary alicyclic amines) is 1. The lowest BCUT2D eigenvalue weighted by molar-refractivity contribution is -0.149. The van der Waals surface area contributed by atoms with Crippen molar-refractivity contribution in [3.63, 3.8) is 0 Å². The monoisotopic (exact) mass is 346 g/mol. The number of hydrogen-bond acceptors (Lipinski definition) is 4. The summed E-state index contributed by atoms with van der Waals surface area (Å²) in [6.45, 7) is 2.74. The van der Waals surface area contributed by atoms with Gasteiger partial charge in [-0.1, -0.05) is 30.3 Å². The van der Waals surface area contributed by atoms with E-state index in [1.165, 1.54) is 5.56 Å². The number of benzene rings is 1. The highest BCUT2D eigenvalue weighted by atomic mass is 16.6. The third kappa shape index (κ3) is 5.28. The molecule has 0 bridgehead atoms. The van der Waals surface area contributed by atoms with Gasteiger partial charge in [-0.05, 0) is 30.7 Å². The van der Waals surface area contributed by atoms with Crippen molar-refractivity contribution in [2.45, 2.75) is 25.4 Å². The van der Waals surface area contributed by atoms with Crippen molar-refractivity contribution in [1.82, 2.24) is 10.2 Å². The third-order valence-electron chi connectivity index (χ3n) is 4.86. The summed E-state index contributed by atoms with van der Waals surface area (Å²) in [5.74, 6) is 0.323. The van der Waals surface area contributed by atoms with Crippen molar-refractivity contribution >= 4 is 11.8 Å². The second kappa shape index (κ2) is 8.97. The second-order valence-electron chi connectivity index (χ2n) is 6.67. The maximum absolute atomic E-state index is 12.3. The van der Waals surface area contributed by atoms with Crippen molar-refractivity contribution in [1.29, 1.82) is 0 Å². The van der Waals surface area contributed by atoms with E-state index in [2.05, 4.69) is 29.6 Å².